The minimum absolute atomic E-state index is 0.158. The number of rotatable bonds is 2. The molecule has 0 radical (unpaired) electrons. The van der Waals surface area contributed by atoms with Crippen molar-refractivity contribution in [2.45, 2.75) is 19.9 Å². The largest absolute Gasteiger partial charge is 0.490 e. The summed E-state index contributed by atoms with van der Waals surface area (Å²) in [5.41, 5.74) is 1.94. The van der Waals surface area contributed by atoms with Gasteiger partial charge in [-0.1, -0.05) is 0 Å². The van der Waals surface area contributed by atoms with Gasteiger partial charge in [0.05, 0.1) is 29.0 Å². The summed E-state index contributed by atoms with van der Waals surface area (Å²) in [7, 11) is -1.61. The fourth-order valence-electron chi connectivity index (χ4n) is 1.86. The molecule has 0 aliphatic carbocycles. The van der Waals surface area contributed by atoms with E-state index in [0.29, 0.717) is 22.1 Å². The third-order valence-electron chi connectivity index (χ3n) is 2.66. The molecule has 6 heteroatoms. The minimum Gasteiger partial charge on any atom is -0.423 e. The topological polar surface area (TPSA) is 82.1 Å². The fourth-order valence-corrected chi connectivity index (χ4v) is 1.86. The highest BCUT2D eigenvalue weighted by molar-refractivity contribution is 6.61. The van der Waals surface area contributed by atoms with Gasteiger partial charge in [0.1, 0.15) is 0 Å². The highest BCUT2D eigenvalue weighted by Crippen LogP contribution is 2.17. The van der Waals surface area contributed by atoms with E-state index in [-0.39, 0.29) is 6.04 Å². The first-order valence-corrected chi connectivity index (χ1v) is 5.31. The van der Waals surface area contributed by atoms with Crippen LogP contribution in [0.4, 0.5) is 0 Å². The van der Waals surface area contributed by atoms with E-state index in [0.717, 1.165) is 0 Å². The Morgan fingerprint density at radius 1 is 1.41 bits per heavy atom. The summed E-state index contributed by atoms with van der Waals surface area (Å²) in [4.78, 5) is 4.18. The highest BCUT2D eigenvalue weighted by atomic mass is 16.4. The number of fused-ring (bicyclic) bond motifs is 1. The van der Waals surface area contributed by atoms with E-state index in [4.69, 9.17) is 5.26 Å². The van der Waals surface area contributed by atoms with Gasteiger partial charge in [-0.15, -0.1) is 0 Å². The maximum Gasteiger partial charge on any atom is 0.490 e. The van der Waals surface area contributed by atoms with Crippen LogP contribution >= 0.6 is 0 Å². The molecule has 1 aromatic heterocycles. The fraction of sp³-hybridized carbons (Fsp3) is 0.273. The number of benzene rings is 1. The molecule has 0 spiro atoms. The predicted molar refractivity (Wildman–Crippen MR) is 64.7 cm³/mol. The zero-order valence-electron chi connectivity index (χ0n) is 9.62. The number of nitriles is 1. The SMILES string of the molecule is CC(C)n1cnc2cc(C#N)cc(B(O)O)c21. The number of nitrogens with zero attached hydrogens (tertiary/aromatic N) is 3. The molecule has 1 heterocycles. The Bertz CT molecular complexity index is 599. The van der Waals surface area contributed by atoms with Crippen LogP contribution in [0.25, 0.3) is 11.0 Å². The molecule has 0 amide bonds. The maximum atomic E-state index is 9.37. The molecule has 0 fully saturated rings. The second-order valence-corrected chi connectivity index (χ2v) is 4.16. The molecule has 2 aromatic rings. The molecule has 0 unspecified atom stereocenters. The number of hydrogen-bond donors (Lipinski definition) is 2. The Morgan fingerprint density at radius 3 is 2.65 bits per heavy atom. The predicted octanol–water partition coefficient (Wildman–Crippen LogP) is 0.169. The molecule has 0 bridgehead atoms. The maximum absolute atomic E-state index is 9.37. The quantitative estimate of drug-likeness (QED) is 0.719. The molecule has 0 atom stereocenters. The summed E-state index contributed by atoms with van der Waals surface area (Å²) in [5, 5.41) is 27.6. The molecule has 0 aliphatic heterocycles. The van der Waals surface area contributed by atoms with Crippen LogP contribution in [0.5, 0.6) is 0 Å². The average molecular weight is 229 g/mol. The summed E-state index contributed by atoms with van der Waals surface area (Å²) >= 11 is 0. The van der Waals surface area contributed by atoms with E-state index < -0.39 is 7.12 Å². The number of aromatic nitrogens is 2. The van der Waals surface area contributed by atoms with E-state index in [2.05, 4.69) is 4.98 Å². The first-order chi connectivity index (χ1) is 8.04. The van der Waals surface area contributed by atoms with Crippen molar-refractivity contribution in [2.75, 3.05) is 0 Å². The van der Waals surface area contributed by atoms with Crippen molar-refractivity contribution in [3.63, 3.8) is 0 Å². The summed E-state index contributed by atoms with van der Waals surface area (Å²) in [6, 6.07) is 5.26. The third kappa shape index (κ3) is 1.91. The van der Waals surface area contributed by atoms with Crippen molar-refractivity contribution < 1.29 is 10.0 Å². The van der Waals surface area contributed by atoms with Crippen molar-refractivity contribution in [1.29, 1.82) is 5.26 Å². The Balaban J connectivity index is 2.81. The van der Waals surface area contributed by atoms with Gasteiger partial charge >= 0.3 is 7.12 Å². The van der Waals surface area contributed by atoms with Crippen molar-refractivity contribution in [3.8, 4) is 6.07 Å². The monoisotopic (exact) mass is 229 g/mol. The first-order valence-electron chi connectivity index (χ1n) is 5.31. The zero-order valence-corrected chi connectivity index (χ0v) is 9.62. The molecule has 2 rings (SSSR count). The van der Waals surface area contributed by atoms with Crippen molar-refractivity contribution in [3.05, 3.63) is 24.0 Å². The van der Waals surface area contributed by atoms with Gasteiger partial charge in [0.2, 0.25) is 0 Å². The molecule has 17 heavy (non-hydrogen) atoms. The summed E-state index contributed by atoms with van der Waals surface area (Å²) in [6.07, 6.45) is 1.64. The second-order valence-electron chi connectivity index (χ2n) is 4.16. The minimum atomic E-state index is -1.61. The molecular weight excluding hydrogens is 217 g/mol. The smallest absolute Gasteiger partial charge is 0.423 e. The van der Waals surface area contributed by atoms with Crippen LogP contribution in [0.3, 0.4) is 0 Å². The van der Waals surface area contributed by atoms with E-state index in [1.807, 2.05) is 24.5 Å². The molecule has 5 nitrogen and oxygen atoms in total. The van der Waals surface area contributed by atoms with Gasteiger partial charge in [0.25, 0.3) is 0 Å². The zero-order chi connectivity index (χ0) is 12.6. The molecule has 1 aromatic carbocycles. The van der Waals surface area contributed by atoms with Gasteiger partial charge < -0.3 is 14.6 Å². The van der Waals surface area contributed by atoms with Crippen molar-refractivity contribution in [1.82, 2.24) is 9.55 Å². The van der Waals surface area contributed by atoms with Crippen molar-refractivity contribution in [2.24, 2.45) is 0 Å². The molecule has 2 N–H and O–H groups in total. The lowest BCUT2D eigenvalue weighted by atomic mass is 9.78. The Morgan fingerprint density at radius 2 is 2.12 bits per heavy atom. The van der Waals surface area contributed by atoms with Crippen LogP contribution < -0.4 is 5.46 Å². The molecule has 0 aliphatic rings. The first kappa shape index (κ1) is 11.6. The molecular formula is C11H12BN3O2. The Kier molecular flexibility index (Phi) is 2.88. The summed E-state index contributed by atoms with van der Waals surface area (Å²) in [6.45, 7) is 3.96. The lowest BCUT2D eigenvalue weighted by molar-refractivity contribution is 0.426. The third-order valence-corrected chi connectivity index (χ3v) is 2.66. The van der Waals surface area contributed by atoms with E-state index in [1.165, 1.54) is 6.07 Å². The molecule has 86 valence electrons. The van der Waals surface area contributed by atoms with Gasteiger partial charge in [-0.2, -0.15) is 5.26 Å². The second kappa shape index (κ2) is 4.20. The standard InChI is InChI=1S/C11H12BN3O2/c1-7(2)15-6-14-10-4-8(5-13)3-9(11(10)15)12(16)17/h3-4,6-7,16-17H,1-2H3. The van der Waals surface area contributed by atoms with Gasteiger partial charge in [-0.3, -0.25) is 0 Å². The normalized spacial score (nSPS) is 10.8. The van der Waals surface area contributed by atoms with E-state index in [1.54, 1.807) is 12.4 Å². The van der Waals surface area contributed by atoms with Crippen LogP contribution in [0.2, 0.25) is 0 Å². The van der Waals surface area contributed by atoms with Gasteiger partial charge in [0.15, 0.2) is 0 Å². The van der Waals surface area contributed by atoms with Gasteiger partial charge in [-0.25, -0.2) is 4.98 Å². The Hall–Kier alpha value is -1.84. The Labute approximate surface area is 99.1 Å². The van der Waals surface area contributed by atoms with Crippen molar-refractivity contribution >= 4 is 23.6 Å². The number of imidazole rings is 1. The highest BCUT2D eigenvalue weighted by Gasteiger charge is 2.20. The van der Waals surface area contributed by atoms with Crippen LogP contribution in [0, 0.1) is 11.3 Å². The van der Waals surface area contributed by atoms with Crippen LogP contribution in [-0.2, 0) is 0 Å². The van der Waals surface area contributed by atoms with Crippen LogP contribution in [0.1, 0.15) is 25.5 Å². The molecule has 0 saturated heterocycles. The average Bonchev–Trinajstić information content (AvgIpc) is 2.70. The number of hydrogen-bond acceptors (Lipinski definition) is 4. The lowest BCUT2D eigenvalue weighted by Crippen LogP contribution is -2.32. The van der Waals surface area contributed by atoms with Crippen LogP contribution in [0.15, 0.2) is 18.5 Å². The summed E-state index contributed by atoms with van der Waals surface area (Å²) in [5.74, 6) is 0. The van der Waals surface area contributed by atoms with E-state index in [9.17, 15) is 10.0 Å². The lowest BCUT2D eigenvalue weighted by Gasteiger charge is -2.11. The van der Waals surface area contributed by atoms with Crippen LogP contribution in [-0.4, -0.2) is 26.7 Å². The summed E-state index contributed by atoms with van der Waals surface area (Å²) < 4.78 is 1.85. The van der Waals surface area contributed by atoms with Gasteiger partial charge in [0, 0.05) is 11.5 Å². The van der Waals surface area contributed by atoms with Gasteiger partial charge in [-0.05, 0) is 26.0 Å². The van der Waals surface area contributed by atoms with E-state index >= 15 is 0 Å². The molecule has 0 saturated carbocycles.